The highest BCUT2D eigenvalue weighted by Crippen LogP contribution is 2.27. The second kappa shape index (κ2) is 8.32. The maximum Gasteiger partial charge on any atom is 0.167 e. The summed E-state index contributed by atoms with van der Waals surface area (Å²) in [5.74, 6) is 0.908. The largest absolute Gasteiger partial charge is 0.398 e. The van der Waals surface area contributed by atoms with E-state index < -0.39 is 0 Å². The lowest BCUT2D eigenvalue weighted by Gasteiger charge is -2.28. The topological polar surface area (TPSA) is 84.1 Å². The first-order valence-electron chi connectivity index (χ1n) is 10.7. The van der Waals surface area contributed by atoms with Gasteiger partial charge in [-0.05, 0) is 53.5 Å². The monoisotopic (exact) mass is 411 g/mol. The first-order chi connectivity index (χ1) is 15.2. The van der Waals surface area contributed by atoms with Crippen LogP contribution < -0.4 is 16.0 Å². The summed E-state index contributed by atoms with van der Waals surface area (Å²) >= 11 is 0. The van der Waals surface area contributed by atoms with Gasteiger partial charge in [0.05, 0.1) is 17.2 Å². The summed E-state index contributed by atoms with van der Waals surface area (Å²) in [6, 6.07) is 11.5. The molecule has 1 fully saturated rings. The molecule has 0 bridgehead atoms. The molecule has 2 aliphatic rings. The smallest absolute Gasteiger partial charge is 0.167 e. The number of ketones is 1. The van der Waals surface area contributed by atoms with E-state index in [2.05, 4.69) is 33.4 Å². The second-order valence-corrected chi connectivity index (χ2v) is 8.01. The standard InChI is InChI=1S/C25H25N5O/c26-21-7-5-18(17-3-1-2-4-17)13-20(21)15-24(31)19-6-8-22-23(14-19)28-16-25(29-22)30-11-9-27-10-12-30/h1-3,5-8,13-14,16,27H,4,9-12,15,26H2. The maximum absolute atomic E-state index is 13.0. The van der Waals surface area contributed by atoms with Crippen LogP contribution in [-0.2, 0) is 6.42 Å². The van der Waals surface area contributed by atoms with E-state index in [0.717, 1.165) is 60.6 Å². The van der Waals surface area contributed by atoms with Crippen LogP contribution in [0.5, 0.6) is 0 Å². The van der Waals surface area contributed by atoms with Gasteiger partial charge in [0, 0.05) is 43.9 Å². The Balaban J connectivity index is 1.36. The lowest BCUT2D eigenvalue weighted by atomic mass is 9.96. The molecule has 0 unspecified atom stereocenters. The zero-order valence-electron chi connectivity index (χ0n) is 17.3. The van der Waals surface area contributed by atoms with Crippen molar-refractivity contribution < 1.29 is 4.79 Å². The summed E-state index contributed by atoms with van der Waals surface area (Å²) in [7, 11) is 0. The van der Waals surface area contributed by atoms with Crippen LogP contribution in [0.15, 0.2) is 60.8 Å². The molecule has 0 radical (unpaired) electrons. The number of hydrogen-bond donors (Lipinski definition) is 2. The molecule has 2 aromatic carbocycles. The quantitative estimate of drug-likeness (QED) is 0.495. The predicted octanol–water partition coefficient (Wildman–Crippen LogP) is 3.39. The van der Waals surface area contributed by atoms with Crippen LogP contribution in [0.25, 0.3) is 16.6 Å². The summed E-state index contributed by atoms with van der Waals surface area (Å²) < 4.78 is 0. The first-order valence-corrected chi connectivity index (χ1v) is 10.7. The molecule has 156 valence electrons. The molecule has 31 heavy (non-hydrogen) atoms. The maximum atomic E-state index is 13.0. The fraction of sp³-hybridized carbons (Fsp3) is 0.240. The normalized spacial score (nSPS) is 16.0. The number of nitrogens with two attached hydrogens (primary N) is 1. The number of rotatable bonds is 5. The number of nitrogen functional groups attached to an aromatic ring is 1. The number of benzene rings is 2. The van der Waals surface area contributed by atoms with E-state index in [-0.39, 0.29) is 12.2 Å². The van der Waals surface area contributed by atoms with E-state index in [1.165, 1.54) is 5.57 Å². The number of aromatic nitrogens is 2. The van der Waals surface area contributed by atoms with Crippen molar-refractivity contribution in [2.75, 3.05) is 36.8 Å². The van der Waals surface area contributed by atoms with Crippen molar-refractivity contribution in [1.29, 1.82) is 0 Å². The minimum absolute atomic E-state index is 0.0252. The number of nitrogens with zero attached hydrogens (tertiary/aromatic N) is 3. The number of anilines is 2. The fourth-order valence-corrected chi connectivity index (χ4v) is 4.12. The highest BCUT2D eigenvalue weighted by atomic mass is 16.1. The van der Waals surface area contributed by atoms with Crippen molar-refractivity contribution >= 4 is 33.9 Å². The average molecular weight is 412 g/mol. The third-order valence-electron chi connectivity index (χ3n) is 5.93. The van der Waals surface area contributed by atoms with Gasteiger partial charge < -0.3 is 16.0 Å². The Morgan fingerprint density at radius 1 is 1.10 bits per heavy atom. The van der Waals surface area contributed by atoms with Gasteiger partial charge in [-0.3, -0.25) is 9.78 Å². The van der Waals surface area contributed by atoms with E-state index >= 15 is 0 Å². The minimum atomic E-state index is 0.0252. The van der Waals surface area contributed by atoms with Gasteiger partial charge in [-0.15, -0.1) is 0 Å². The average Bonchev–Trinajstić information content (AvgIpc) is 3.35. The molecule has 2 heterocycles. The Bertz CT molecular complexity index is 1210. The Hall–Kier alpha value is -3.51. The molecular formula is C25H25N5O. The van der Waals surface area contributed by atoms with Gasteiger partial charge in [0.25, 0.3) is 0 Å². The van der Waals surface area contributed by atoms with Crippen LogP contribution >= 0.6 is 0 Å². The molecule has 5 rings (SSSR count). The number of fused-ring (bicyclic) bond motifs is 1. The summed E-state index contributed by atoms with van der Waals surface area (Å²) in [6.45, 7) is 3.74. The molecule has 1 saturated heterocycles. The number of Topliss-reactive ketones (excluding diaryl/α,β-unsaturated/α-hetero) is 1. The van der Waals surface area contributed by atoms with Crippen LogP contribution in [0.1, 0.15) is 27.9 Å². The van der Waals surface area contributed by atoms with Gasteiger partial charge in [0.2, 0.25) is 0 Å². The van der Waals surface area contributed by atoms with Crippen LogP contribution in [0.2, 0.25) is 0 Å². The number of nitrogens with one attached hydrogen (secondary N) is 1. The van der Waals surface area contributed by atoms with Crippen LogP contribution in [0.3, 0.4) is 0 Å². The van der Waals surface area contributed by atoms with Gasteiger partial charge in [0.1, 0.15) is 5.82 Å². The summed E-state index contributed by atoms with van der Waals surface area (Å²) in [6.07, 6.45) is 9.26. The van der Waals surface area contributed by atoms with E-state index in [1.54, 1.807) is 6.20 Å². The molecule has 0 amide bonds. The third-order valence-corrected chi connectivity index (χ3v) is 5.93. The van der Waals surface area contributed by atoms with Crippen molar-refractivity contribution in [2.45, 2.75) is 12.8 Å². The molecule has 3 N–H and O–H groups in total. The van der Waals surface area contributed by atoms with Crippen molar-refractivity contribution in [1.82, 2.24) is 15.3 Å². The number of carbonyl (C=O) groups is 1. The Labute approximate surface area is 181 Å². The lowest BCUT2D eigenvalue weighted by molar-refractivity contribution is 0.0993. The van der Waals surface area contributed by atoms with E-state index in [0.29, 0.717) is 11.3 Å². The molecule has 6 heteroatoms. The van der Waals surface area contributed by atoms with Crippen LogP contribution in [0.4, 0.5) is 11.5 Å². The van der Waals surface area contributed by atoms with Crippen LogP contribution in [-0.4, -0.2) is 41.9 Å². The summed E-state index contributed by atoms with van der Waals surface area (Å²) in [5.41, 5.74) is 12.2. The van der Waals surface area contributed by atoms with E-state index in [4.69, 9.17) is 10.7 Å². The Morgan fingerprint density at radius 2 is 1.97 bits per heavy atom. The van der Waals surface area contributed by atoms with Gasteiger partial charge in [-0.25, -0.2) is 4.98 Å². The molecule has 0 atom stereocenters. The van der Waals surface area contributed by atoms with Crippen molar-refractivity contribution in [3.05, 3.63) is 77.5 Å². The second-order valence-electron chi connectivity index (χ2n) is 8.01. The zero-order chi connectivity index (χ0) is 21.2. The SMILES string of the molecule is Nc1ccc(C2=CC=CC2)cc1CC(=O)c1ccc2nc(N3CCNCC3)cnc2c1. The number of piperazine rings is 1. The third kappa shape index (κ3) is 4.07. The summed E-state index contributed by atoms with van der Waals surface area (Å²) in [5, 5.41) is 3.34. The van der Waals surface area contributed by atoms with Gasteiger partial charge in [-0.1, -0.05) is 24.3 Å². The zero-order valence-corrected chi connectivity index (χ0v) is 17.3. The first kappa shape index (κ1) is 19.5. The molecule has 6 nitrogen and oxygen atoms in total. The van der Waals surface area contributed by atoms with Crippen molar-refractivity contribution in [2.24, 2.45) is 0 Å². The van der Waals surface area contributed by atoms with Gasteiger partial charge in [-0.2, -0.15) is 0 Å². The number of carbonyl (C=O) groups excluding carboxylic acids is 1. The lowest BCUT2D eigenvalue weighted by Crippen LogP contribution is -2.43. The molecule has 1 aliphatic heterocycles. The Kier molecular flexibility index (Phi) is 5.22. The van der Waals surface area contributed by atoms with Gasteiger partial charge >= 0.3 is 0 Å². The predicted molar refractivity (Wildman–Crippen MR) is 125 cm³/mol. The number of allylic oxidation sites excluding steroid dienone is 4. The molecule has 0 spiro atoms. The fourth-order valence-electron chi connectivity index (χ4n) is 4.12. The van der Waals surface area contributed by atoms with Crippen molar-refractivity contribution in [3.63, 3.8) is 0 Å². The highest BCUT2D eigenvalue weighted by Gasteiger charge is 2.15. The highest BCUT2D eigenvalue weighted by molar-refractivity contribution is 6.00. The van der Waals surface area contributed by atoms with Crippen LogP contribution in [0, 0.1) is 0 Å². The molecule has 3 aromatic rings. The van der Waals surface area contributed by atoms with Crippen molar-refractivity contribution in [3.8, 4) is 0 Å². The summed E-state index contributed by atoms with van der Waals surface area (Å²) in [4.78, 5) is 24.6. The van der Waals surface area contributed by atoms with E-state index in [1.807, 2.05) is 36.4 Å². The molecular weight excluding hydrogens is 386 g/mol. The van der Waals surface area contributed by atoms with Gasteiger partial charge in [0.15, 0.2) is 5.78 Å². The minimum Gasteiger partial charge on any atom is -0.398 e. The molecule has 1 aliphatic carbocycles. The Morgan fingerprint density at radius 3 is 2.77 bits per heavy atom. The molecule has 0 saturated carbocycles. The molecule has 1 aromatic heterocycles. The van der Waals surface area contributed by atoms with E-state index in [9.17, 15) is 4.79 Å². The number of hydrogen-bond acceptors (Lipinski definition) is 6.